The fraction of sp³-hybridized carbons (Fsp3) is 0.400. The Kier molecular flexibility index (Phi) is 2.76. The van der Waals surface area contributed by atoms with Gasteiger partial charge in [-0.25, -0.2) is 0 Å². The molecule has 1 aromatic carbocycles. The number of hydrogen-bond donors (Lipinski definition) is 1. The van der Waals surface area contributed by atoms with Crippen LogP contribution in [0.15, 0.2) is 12.1 Å². The van der Waals surface area contributed by atoms with Crippen molar-refractivity contribution in [2.45, 2.75) is 26.9 Å². The molecule has 0 heterocycles. The minimum atomic E-state index is -0.416. The average Bonchev–Trinajstić information content (AvgIpc) is 2.00. The van der Waals surface area contributed by atoms with Crippen LogP contribution in [0.25, 0.3) is 0 Å². The maximum atomic E-state index is 9.38. The summed E-state index contributed by atoms with van der Waals surface area (Å²) in [6.07, 6.45) is -0.416. The minimum absolute atomic E-state index is 0.416. The second kappa shape index (κ2) is 3.46. The maximum Gasteiger partial charge on any atom is 0.0764 e. The molecule has 1 aromatic rings. The van der Waals surface area contributed by atoms with E-state index < -0.39 is 6.10 Å². The van der Waals surface area contributed by atoms with Crippen LogP contribution in [-0.2, 0) is 0 Å². The van der Waals surface area contributed by atoms with Gasteiger partial charge in [0.15, 0.2) is 0 Å². The van der Waals surface area contributed by atoms with Gasteiger partial charge < -0.3 is 5.11 Å². The SMILES string of the molecule is Cc1c(Cl)ccc(C(C)O)c1C. The van der Waals surface area contributed by atoms with Gasteiger partial charge in [-0.3, -0.25) is 0 Å². The van der Waals surface area contributed by atoms with E-state index >= 15 is 0 Å². The molecule has 12 heavy (non-hydrogen) atoms. The van der Waals surface area contributed by atoms with Crippen molar-refractivity contribution >= 4 is 11.6 Å². The molecule has 0 fully saturated rings. The zero-order valence-corrected chi connectivity index (χ0v) is 8.31. The molecule has 1 atom stereocenters. The zero-order chi connectivity index (χ0) is 9.30. The Bertz CT molecular complexity index is 292. The van der Waals surface area contributed by atoms with Crippen molar-refractivity contribution in [3.05, 3.63) is 33.8 Å². The second-order valence-electron chi connectivity index (χ2n) is 3.06. The third-order valence-corrected chi connectivity index (χ3v) is 2.62. The van der Waals surface area contributed by atoms with Crippen molar-refractivity contribution in [3.8, 4) is 0 Å². The Labute approximate surface area is 78.0 Å². The Morgan fingerprint density at radius 1 is 1.25 bits per heavy atom. The van der Waals surface area contributed by atoms with Gasteiger partial charge in [0.25, 0.3) is 0 Å². The van der Waals surface area contributed by atoms with Crippen molar-refractivity contribution in [3.63, 3.8) is 0 Å². The van der Waals surface area contributed by atoms with Crippen molar-refractivity contribution < 1.29 is 5.11 Å². The van der Waals surface area contributed by atoms with E-state index in [1.165, 1.54) is 0 Å². The summed E-state index contributed by atoms with van der Waals surface area (Å²) < 4.78 is 0. The molecule has 0 bridgehead atoms. The molecule has 0 radical (unpaired) electrons. The summed E-state index contributed by atoms with van der Waals surface area (Å²) in [5, 5.41) is 10.1. The number of rotatable bonds is 1. The van der Waals surface area contributed by atoms with Crippen LogP contribution in [0, 0.1) is 13.8 Å². The third-order valence-electron chi connectivity index (χ3n) is 2.21. The quantitative estimate of drug-likeness (QED) is 0.712. The fourth-order valence-corrected chi connectivity index (χ4v) is 1.47. The van der Waals surface area contributed by atoms with E-state index in [1.54, 1.807) is 6.92 Å². The normalized spacial score (nSPS) is 13.1. The van der Waals surface area contributed by atoms with Crippen molar-refractivity contribution in [1.29, 1.82) is 0 Å². The highest BCUT2D eigenvalue weighted by atomic mass is 35.5. The van der Waals surface area contributed by atoms with Gasteiger partial charge in [0.05, 0.1) is 6.10 Å². The van der Waals surface area contributed by atoms with E-state index in [1.807, 2.05) is 26.0 Å². The predicted octanol–water partition coefficient (Wildman–Crippen LogP) is 3.01. The summed E-state index contributed by atoms with van der Waals surface area (Å²) in [4.78, 5) is 0. The van der Waals surface area contributed by atoms with Gasteiger partial charge in [0.1, 0.15) is 0 Å². The lowest BCUT2D eigenvalue weighted by Crippen LogP contribution is -1.97. The third kappa shape index (κ3) is 1.62. The Balaban J connectivity index is 3.27. The molecule has 0 amide bonds. The largest absolute Gasteiger partial charge is 0.389 e. The molecule has 1 N–H and O–H groups in total. The van der Waals surface area contributed by atoms with Crippen LogP contribution in [0.5, 0.6) is 0 Å². The fourth-order valence-electron chi connectivity index (χ4n) is 1.26. The molecule has 1 unspecified atom stereocenters. The lowest BCUT2D eigenvalue weighted by molar-refractivity contribution is 0.198. The number of halogens is 1. The second-order valence-corrected chi connectivity index (χ2v) is 3.47. The molecule has 0 aliphatic heterocycles. The topological polar surface area (TPSA) is 20.2 Å². The molecule has 0 saturated carbocycles. The molecule has 2 heteroatoms. The van der Waals surface area contributed by atoms with Gasteiger partial charge in [0, 0.05) is 5.02 Å². The Morgan fingerprint density at radius 2 is 1.83 bits per heavy atom. The summed E-state index contributed by atoms with van der Waals surface area (Å²) in [6, 6.07) is 3.70. The molecule has 0 saturated heterocycles. The van der Waals surface area contributed by atoms with Crippen LogP contribution < -0.4 is 0 Å². The van der Waals surface area contributed by atoms with Gasteiger partial charge >= 0.3 is 0 Å². The number of benzene rings is 1. The van der Waals surface area contributed by atoms with Crippen LogP contribution in [0.4, 0.5) is 0 Å². The first kappa shape index (κ1) is 9.56. The number of aliphatic hydroxyl groups excluding tert-OH is 1. The molecular weight excluding hydrogens is 172 g/mol. The van der Waals surface area contributed by atoms with E-state index in [0.717, 1.165) is 21.7 Å². The molecule has 0 aliphatic rings. The van der Waals surface area contributed by atoms with E-state index in [4.69, 9.17) is 11.6 Å². The van der Waals surface area contributed by atoms with Crippen molar-refractivity contribution in [2.75, 3.05) is 0 Å². The van der Waals surface area contributed by atoms with Gasteiger partial charge in [-0.15, -0.1) is 0 Å². The molecule has 1 nitrogen and oxygen atoms in total. The van der Waals surface area contributed by atoms with E-state index in [-0.39, 0.29) is 0 Å². The van der Waals surface area contributed by atoms with Gasteiger partial charge in [-0.2, -0.15) is 0 Å². The summed E-state index contributed by atoms with van der Waals surface area (Å²) in [5.74, 6) is 0. The summed E-state index contributed by atoms with van der Waals surface area (Å²) in [7, 11) is 0. The molecular formula is C10H13ClO. The Morgan fingerprint density at radius 3 is 2.33 bits per heavy atom. The Hall–Kier alpha value is -0.530. The van der Waals surface area contributed by atoms with E-state index in [2.05, 4.69) is 0 Å². The first-order chi connectivity index (χ1) is 5.54. The van der Waals surface area contributed by atoms with Gasteiger partial charge in [-0.05, 0) is 43.5 Å². The first-order valence-corrected chi connectivity index (χ1v) is 4.35. The van der Waals surface area contributed by atoms with Crippen molar-refractivity contribution in [1.82, 2.24) is 0 Å². The molecule has 66 valence electrons. The predicted molar refractivity (Wildman–Crippen MR) is 51.6 cm³/mol. The van der Waals surface area contributed by atoms with Crippen LogP contribution >= 0.6 is 11.6 Å². The molecule has 0 spiro atoms. The van der Waals surface area contributed by atoms with Gasteiger partial charge in [0.2, 0.25) is 0 Å². The van der Waals surface area contributed by atoms with Crippen molar-refractivity contribution in [2.24, 2.45) is 0 Å². The van der Waals surface area contributed by atoms with E-state index in [0.29, 0.717) is 0 Å². The lowest BCUT2D eigenvalue weighted by Gasteiger charge is -2.11. The highest BCUT2D eigenvalue weighted by Gasteiger charge is 2.08. The highest BCUT2D eigenvalue weighted by Crippen LogP contribution is 2.25. The minimum Gasteiger partial charge on any atom is -0.389 e. The number of hydrogen-bond acceptors (Lipinski definition) is 1. The molecule has 0 aromatic heterocycles. The van der Waals surface area contributed by atoms with Crippen LogP contribution in [-0.4, -0.2) is 5.11 Å². The number of aliphatic hydroxyl groups is 1. The monoisotopic (exact) mass is 184 g/mol. The smallest absolute Gasteiger partial charge is 0.0764 e. The van der Waals surface area contributed by atoms with Crippen LogP contribution in [0.1, 0.15) is 29.7 Å². The zero-order valence-electron chi connectivity index (χ0n) is 7.56. The summed E-state index contributed by atoms with van der Waals surface area (Å²) >= 11 is 5.91. The van der Waals surface area contributed by atoms with Crippen LogP contribution in [0.2, 0.25) is 5.02 Å². The lowest BCUT2D eigenvalue weighted by atomic mass is 10.00. The van der Waals surface area contributed by atoms with Crippen LogP contribution in [0.3, 0.4) is 0 Å². The first-order valence-electron chi connectivity index (χ1n) is 3.97. The maximum absolute atomic E-state index is 9.38. The van der Waals surface area contributed by atoms with E-state index in [9.17, 15) is 5.11 Å². The molecule has 0 aliphatic carbocycles. The highest BCUT2D eigenvalue weighted by molar-refractivity contribution is 6.31. The average molecular weight is 185 g/mol. The molecule has 1 rings (SSSR count). The van der Waals surface area contributed by atoms with Gasteiger partial charge in [-0.1, -0.05) is 17.7 Å². The summed E-state index contributed by atoms with van der Waals surface area (Å²) in [5.41, 5.74) is 3.09. The standard InChI is InChI=1S/C10H13ClO/c1-6-7(2)10(11)5-4-9(6)8(3)12/h4-5,8,12H,1-3H3. The summed E-state index contributed by atoms with van der Waals surface area (Å²) in [6.45, 7) is 5.70.